The molecule has 1 aliphatic rings. The molecule has 0 spiro atoms. The molecular formula is C11H16N4S. The third-order valence-corrected chi connectivity index (χ3v) is 2.88. The summed E-state index contributed by atoms with van der Waals surface area (Å²) in [4.78, 5) is 11.4. The van der Waals surface area contributed by atoms with Crippen LogP contribution >= 0.6 is 12.2 Å². The van der Waals surface area contributed by atoms with Crippen LogP contribution in [-0.2, 0) is 6.54 Å². The minimum absolute atomic E-state index is 0.583. The summed E-state index contributed by atoms with van der Waals surface area (Å²) in [6.07, 6.45) is 6.87. The van der Waals surface area contributed by atoms with Crippen LogP contribution in [0.4, 0.5) is 0 Å². The second kappa shape index (κ2) is 5.32. The molecule has 1 saturated carbocycles. The van der Waals surface area contributed by atoms with E-state index in [9.17, 15) is 0 Å². The maximum Gasteiger partial charge on any atom is 0.142 e. The molecule has 1 aromatic heterocycles. The third-order valence-electron chi connectivity index (χ3n) is 2.67. The average Bonchev–Trinajstić information content (AvgIpc) is 3.09. The Morgan fingerprint density at radius 2 is 2.12 bits per heavy atom. The Balaban J connectivity index is 1.90. The summed E-state index contributed by atoms with van der Waals surface area (Å²) in [5, 5.41) is 0. The fourth-order valence-electron chi connectivity index (χ4n) is 1.68. The molecule has 2 N–H and O–H groups in total. The maximum absolute atomic E-state index is 5.53. The van der Waals surface area contributed by atoms with Gasteiger partial charge in [0.1, 0.15) is 5.82 Å². The van der Waals surface area contributed by atoms with Gasteiger partial charge in [0.05, 0.1) is 11.5 Å². The number of aromatic nitrogens is 2. The highest BCUT2D eigenvalue weighted by Gasteiger charge is 2.29. The van der Waals surface area contributed by atoms with Crippen molar-refractivity contribution in [2.75, 3.05) is 6.54 Å². The maximum atomic E-state index is 5.53. The van der Waals surface area contributed by atoms with Gasteiger partial charge in [0, 0.05) is 31.4 Å². The van der Waals surface area contributed by atoms with Gasteiger partial charge in [0.25, 0.3) is 0 Å². The minimum atomic E-state index is 0.583. The van der Waals surface area contributed by atoms with E-state index in [1.54, 1.807) is 12.4 Å². The minimum Gasteiger partial charge on any atom is -0.393 e. The van der Waals surface area contributed by atoms with Crippen LogP contribution in [0, 0.1) is 0 Å². The molecule has 0 aliphatic heterocycles. The average molecular weight is 236 g/mol. The van der Waals surface area contributed by atoms with E-state index < -0.39 is 0 Å². The Morgan fingerprint density at radius 3 is 2.69 bits per heavy atom. The summed E-state index contributed by atoms with van der Waals surface area (Å²) in [5.41, 5.74) is 5.53. The monoisotopic (exact) mass is 236 g/mol. The lowest BCUT2D eigenvalue weighted by Gasteiger charge is -2.20. The lowest BCUT2D eigenvalue weighted by Crippen LogP contribution is -2.30. The zero-order valence-corrected chi connectivity index (χ0v) is 9.99. The van der Waals surface area contributed by atoms with Crippen molar-refractivity contribution in [2.45, 2.75) is 31.8 Å². The standard InChI is InChI=1S/C11H16N4S/c12-10(16)4-7-15(9-2-3-9)8-11-13-5-1-6-14-11/h1,5-6,9H,2-4,7-8H2,(H2,12,16). The molecule has 4 nitrogen and oxygen atoms in total. The second-order valence-electron chi connectivity index (χ2n) is 4.08. The first kappa shape index (κ1) is 11.4. The molecule has 2 rings (SSSR count). The summed E-state index contributed by atoms with van der Waals surface area (Å²) in [6.45, 7) is 1.71. The number of rotatable bonds is 6. The Labute approximate surface area is 101 Å². The largest absolute Gasteiger partial charge is 0.393 e. The van der Waals surface area contributed by atoms with Crippen LogP contribution in [0.25, 0.3) is 0 Å². The first-order valence-corrected chi connectivity index (χ1v) is 5.95. The molecule has 0 amide bonds. The van der Waals surface area contributed by atoms with Crippen molar-refractivity contribution in [1.29, 1.82) is 0 Å². The molecule has 1 aromatic rings. The van der Waals surface area contributed by atoms with Crippen LogP contribution in [0.2, 0.25) is 0 Å². The lowest BCUT2D eigenvalue weighted by atomic mass is 10.3. The molecule has 1 fully saturated rings. The van der Waals surface area contributed by atoms with E-state index in [4.69, 9.17) is 18.0 Å². The summed E-state index contributed by atoms with van der Waals surface area (Å²) in [7, 11) is 0. The van der Waals surface area contributed by atoms with Crippen molar-refractivity contribution in [1.82, 2.24) is 14.9 Å². The van der Waals surface area contributed by atoms with Crippen molar-refractivity contribution in [3.05, 3.63) is 24.3 Å². The molecule has 86 valence electrons. The van der Waals surface area contributed by atoms with Gasteiger partial charge < -0.3 is 5.73 Å². The summed E-state index contributed by atoms with van der Waals surface area (Å²) >= 11 is 4.91. The summed E-state index contributed by atoms with van der Waals surface area (Å²) in [6, 6.07) is 2.51. The fourth-order valence-corrected chi connectivity index (χ4v) is 1.77. The van der Waals surface area contributed by atoms with Gasteiger partial charge in [0.2, 0.25) is 0 Å². The van der Waals surface area contributed by atoms with Crippen molar-refractivity contribution >= 4 is 17.2 Å². The van der Waals surface area contributed by atoms with Crippen LogP contribution in [0.3, 0.4) is 0 Å². The molecule has 0 atom stereocenters. The van der Waals surface area contributed by atoms with Crippen molar-refractivity contribution in [2.24, 2.45) is 5.73 Å². The van der Waals surface area contributed by atoms with Crippen LogP contribution in [0.5, 0.6) is 0 Å². The zero-order chi connectivity index (χ0) is 11.4. The second-order valence-corrected chi connectivity index (χ2v) is 4.61. The molecule has 0 bridgehead atoms. The highest BCUT2D eigenvalue weighted by atomic mass is 32.1. The Bertz CT molecular complexity index is 350. The number of nitrogens with two attached hydrogens (primary N) is 1. The first-order valence-electron chi connectivity index (χ1n) is 5.54. The number of nitrogens with zero attached hydrogens (tertiary/aromatic N) is 3. The van der Waals surface area contributed by atoms with Gasteiger partial charge >= 0.3 is 0 Å². The van der Waals surface area contributed by atoms with Crippen molar-refractivity contribution in [3.63, 3.8) is 0 Å². The molecule has 0 saturated heterocycles. The molecule has 5 heteroatoms. The van der Waals surface area contributed by atoms with E-state index in [0.717, 1.165) is 25.3 Å². The quantitative estimate of drug-likeness (QED) is 0.750. The molecule has 0 radical (unpaired) electrons. The smallest absolute Gasteiger partial charge is 0.142 e. The van der Waals surface area contributed by atoms with Gasteiger partial charge in [-0.3, -0.25) is 4.90 Å². The highest BCUT2D eigenvalue weighted by molar-refractivity contribution is 7.80. The Kier molecular flexibility index (Phi) is 3.79. The topological polar surface area (TPSA) is 55.0 Å². The molecular weight excluding hydrogens is 220 g/mol. The van der Waals surface area contributed by atoms with E-state index in [1.165, 1.54) is 12.8 Å². The number of hydrogen-bond acceptors (Lipinski definition) is 4. The van der Waals surface area contributed by atoms with E-state index in [2.05, 4.69) is 14.9 Å². The van der Waals surface area contributed by atoms with Crippen LogP contribution in [0.15, 0.2) is 18.5 Å². The van der Waals surface area contributed by atoms with Gasteiger partial charge in [-0.2, -0.15) is 0 Å². The SMILES string of the molecule is NC(=S)CCN(Cc1ncccn1)C1CC1. The molecule has 0 unspecified atom stereocenters. The number of hydrogen-bond donors (Lipinski definition) is 1. The normalized spacial score (nSPS) is 15.3. The van der Waals surface area contributed by atoms with Crippen molar-refractivity contribution in [3.8, 4) is 0 Å². The first-order chi connectivity index (χ1) is 7.75. The molecule has 1 aliphatic carbocycles. The highest BCUT2D eigenvalue weighted by Crippen LogP contribution is 2.27. The van der Waals surface area contributed by atoms with E-state index in [-0.39, 0.29) is 0 Å². The third kappa shape index (κ3) is 3.50. The predicted molar refractivity (Wildman–Crippen MR) is 66.9 cm³/mol. The van der Waals surface area contributed by atoms with E-state index in [0.29, 0.717) is 11.0 Å². The van der Waals surface area contributed by atoms with Crippen LogP contribution in [-0.4, -0.2) is 32.4 Å². The van der Waals surface area contributed by atoms with Gasteiger partial charge in [-0.25, -0.2) is 9.97 Å². The summed E-state index contributed by atoms with van der Waals surface area (Å²) in [5.74, 6) is 0.873. The van der Waals surface area contributed by atoms with E-state index >= 15 is 0 Å². The van der Waals surface area contributed by atoms with Gasteiger partial charge in [-0.05, 0) is 18.9 Å². The fraction of sp³-hybridized carbons (Fsp3) is 0.545. The van der Waals surface area contributed by atoms with Crippen LogP contribution < -0.4 is 5.73 Å². The van der Waals surface area contributed by atoms with Gasteiger partial charge in [-0.1, -0.05) is 12.2 Å². The molecule has 16 heavy (non-hydrogen) atoms. The van der Waals surface area contributed by atoms with Crippen LogP contribution in [0.1, 0.15) is 25.1 Å². The Morgan fingerprint density at radius 1 is 1.44 bits per heavy atom. The molecule has 0 aromatic carbocycles. The Hall–Kier alpha value is -1.07. The molecule has 1 heterocycles. The zero-order valence-electron chi connectivity index (χ0n) is 9.17. The van der Waals surface area contributed by atoms with E-state index in [1.807, 2.05) is 6.07 Å². The van der Waals surface area contributed by atoms with Gasteiger partial charge in [-0.15, -0.1) is 0 Å². The van der Waals surface area contributed by atoms with Gasteiger partial charge in [0.15, 0.2) is 0 Å². The number of thiocarbonyl (C=S) groups is 1. The van der Waals surface area contributed by atoms with Crippen molar-refractivity contribution < 1.29 is 0 Å². The predicted octanol–water partition coefficient (Wildman–Crippen LogP) is 1.12. The lowest BCUT2D eigenvalue weighted by molar-refractivity contribution is 0.256. The summed E-state index contributed by atoms with van der Waals surface area (Å²) < 4.78 is 0.